The molecule has 9 nitrogen and oxygen atoms in total. The summed E-state index contributed by atoms with van der Waals surface area (Å²) < 4.78 is 27.8. The zero-order valence-corrected chi connectivity index (χ0v) is 25.5. The lowest BCUT2D eigenvalue weighted by atomic mass is 9.70. The first-order chi connectivity index (χ1) is 19.6. The highest BCUT2D eigenvalue weighted by atomic mass is 35.5. The highest BCUT2D eigenvalue weighted by Gasteiger charge is 2.62. The molecule has 0 bridgehead atoms. The SMILES string of the molecule is C[C@@]1(c2ccccc2)COCCOCCOCCOCCOC(=O)CCN2C(=O)c3c(Cl)c(Cl)c(Cl)c(Cl)c3[C@]21O. The molecule has 1 N–H and O–H groups in total. The molecule has 4 rings (SSSR count). The molecular formula is C28H31Cl4NO8. The zero-order valence-electron chi connectivity index (χ0n) is 22.4. The molecule has 0 aromatic heterocycles. The van der Waals surface area contributed by atoms with Crippen molar-refractivity contribution in [1.29, 1.82) is 0 Å². The van der Waals surface area contributed by atoms with E-state index in [4.69, 9.17) is 70.1 Å². The van der Waals surface area contributed by atoms with E-state index in [2.05, 4.69) is 0 Å². The van der Waals surface area contributed by atoms with Crippen molar-refractivity contribution in [1.82, 2.24) is 4.90 Å². The Morgan fingerprint density at radius 2 is 1.29 bits per heavy atom. The number of esters is 1. The Kier molecular flexibility index (Phi) is 11.2. The fraction of sp³-hybridized carbons (Fsp3) is 0.500. The first kappa shape index (κ1) is 32.3. The fourth-order valence-electron chi connectivity index (χ4n) is 5.03. The third-order valence-corrected chi connectivity index (χ3v) is 8.98. The second-order valence-corrected chi connectivity index (χ2v) is 11.2. The Balaban J connectivity index is 1.80. The molecular weight excluding hydrogens is 620 g/mol. The molecule has 2 aromatic rings. The monoisotopic (exact) mass is 649 g/mol. The second-order valence-electron chi connectivity index (χ2n) is 9.69. The van der Waals surface area contributed by atoms with Crippen molar-refractivity contribution in [2.45, 2.75) is 24.5 Å². The lowest BCUT2D eigenvalue weighted by molar-refractivity contribution is -0.164. The van der Waals surface area contributed by atoms with Crippen LogP contribution in [0.2, 0.25) is 20.1 Å². The molecule has 2 aromatic carbocycles. The van der Waals surface area contributed by atoms with Crippen molar-refractivity contribution in [3.8, 4) is 0 Å². The van der Waals surface area contributed by atoms with Crippen molar-refractivity contribution >= 4 is 58.3 Å². The van der Waals surface area contributed by atoms with Gasteiger partial charge in [-0.05, 0) is 12.5 Å². The van der Waals surface area contributed by atoms with E-state index in [9.17, 15) is 14.7 Å². The van der Waals surface area contributed by atoms with E-state index in [0.717, 1.165) is 4.90 Å². The van der Waals surface area contributed by atoms with Gasteiger partial charge in [-0.3, -0.25) is 9.59 Å². The highest BCUT2D eigenvalue weighted by Crippen LogP contribution is 2.57. The lowest BCUT2D eigenvalue weighted by Gasteiger charge is -2.48. The van der Waals surface area contributed by atoms with Crippen LogP contribution in [-0.4, -0.2) is 87.9 Å². The average Bonchev–Trinajstić information content (AvgIpc) is 3.20. The molecule has 41 heavy (non-hydrogen) atoms. The van der Waals surface area contributed by atoms with Crippen molar-refractivity contribution in [3.05, 3.63) is 67.1 Å². The standard InChI is InChI=1S/C28H31Cl4NO8/c1-27(18-5-3-2-4-6-18)17-40-14-13-38-10-9-37-11-12-39-15-16-41-19(34)7-8-33-26(35)20-21(28(27,33)36)23(30)25(32)24(31)22(20)29/h2-6,36H,7-17H2,1H3/t27-,28+/m0/s1. The summed E-state index contributed by atoms with van der Waals surface area (Å²) >= 11 is 26.0. The minimum Gasteiger partial charge on any atom is -0.463 e. The predicted octanol–water partition coefficient (Wildman–Crippen LogP) is 4.87. The quantitative estimate of drug-likeness (QED) is 0.265. The van der Waals surface area contributed by atoms with Gasteiger partial charge in [0.1, 0.15) is 6.61 Å². The van der Waals surface area contributed by atoms with E-state index in [1.165, 1.54) is 0 Å². The molecule has 0 spiro atoms. The van der Waals surface area contributed by atoms with Gasteiger partial charge in [-0.25, -0.2) is 0 Å². The summed E-state index contributed by atoms with van der Waals surface area (Å²) in [6, 6.07) is 9.03. The molecule has 0 unspecified atom stereocenters. The lowest BCUT2D eigenvalue weighted by Crippen LogP contribution is -2.59. The van der Waals surface area contributed by atoms with Gasteiger partial charge in [-0.2, -0.15) is 0 Å². The van der Waals surface area contributed by atoms with E-state index < -0.39 is 23.0 Å². The van der Waals surface area contributed by atoms with Gasteiger partial charge in [0.25, 0.3) is 5.91 Å². The van der Waals surface area contributed by atoms with Gasteiger partial charge >= 0.3 is 5.97 Å². The number of rotatable bonds is 1. The molecule has 224 valence electrons. The third kappa shape index (κ3) is 6.49. The van der Waals surface area contributed by atoms with Crippen molar-refractivity contribution in [3.63, 3.8) is 0 Å². The van der Waals surface area contributed by atoms with Crippen LogP contribution in [0, 0.1) is 0 Å². The van der Waals surface area contributed by atoms with Crippen LogP contribution >= 0.6 is 46.4 Å². The predicted molar refractivity (Wildman–Crippen MR) is 154 cm³/mol. The van der Waals surface area contributed by atoms with Crippen LogP contribution in [0.1, 0.15) is 34.8 Å². The maximum absolute atomic E-state index is 14.0. The number of cyclic esters (lactones) is 1. The van der Waals surface area contributed by atoms with Crippen molar-refractivity contribution in [2.24, 2.45) is 0 Å². The minimum atomic E-state index is -2.17. The van der Waals surface area contributed by atoms with Gasteiger partial charge in [0.15, 0.2) is 5.72 Å². The maximum atomic E-state index is 14.0. The van der Waals surface area contributed by atoms with E-state index in [1.807, 2.05) is 6.07 Å². The average molecular weight is 651 g/mol. The number of benzene rings is 2. The molecule has 2 heterocycles. The molecule has 0 radical (unpaired) electrons. The molecule has 1 amide bonds. The van der Waals surface area contributed by atoms with Gasteiger partial charge in [-0.15, -0.1) is 0 Å². The first-order valence-electron chi connectivity index (χ1n) is 13.1. The second kappa shape index (κ2) is 14.2. The van der Waals surface area contributed by atoms with E-state index >= 15 is 0 Å². The zero-order chi connectivity index (χ0) is 29.6. The summed E-state index contributed by atoms with van der Waals surface area (Å²) in [7, 11) is 0. The summed E-state index contributed by atoms with van der Waals surface area (Å²) in [5, 5.41) is 12.3. The number of nitrogens with zero attached hydrogens (tertiary/aromatic N) is 1. The van der Waals surface area contributed by atoms with Crippen molar-refractivity contribution in [2.75, 3.05) is 66.0 Å². The Bertz CT molecular complexity index is 1250. The molecule has 0 aliphatic carbocycles. The number of amides is 1. The fourth-order valence-corrected chi connectivity index (χ4v) is 6.10. The Morgan fingerprint density at radius 1 is 0.756 bits per heavy atom. The topological polar surface area (TPSA) is 104 Å². The van der Waals surface area contributed by atoms with Gasteiger partial charge in [-0.1, -0.05) is 76.7 Å². The summed E-state index contributed by atoms with van der Waals surface area (Å²) in [5.41, 5.74) is -3.01. The number of fused-ring (bicyclic) bond motifs is 3. The normalized spacial score (nSPS) is 25.8. The number of hydrogen-bond acceptors (Lipinski definition) is 8. The minimum absolute atomic E-state index is 0.0127. The molecule has 2 aliphatic heterocycles. The highest BCUT2D eigenvalue weighted by molar-refractivity contribution is 6.53. The number of aliphatic hydroxyl groups is 1. The molecule has 2 atom stereocenters. The third-order valence-electron chi connectivity index (χ3n) is 7.18. The molecule has 0 saturated carbocycles. The van der Waals surface area contributed by atoms with Crippen LogP contribution in [0.15, 0.2) is 30.3 Å². The van der Waals surface area contributed by atoms with Crippen molar-refractivity contribution < 1.29 is 38.4 Å². The number of carbonyl (C=O) groups is 2. The van der Waals surface area contributed by atoms with Crippen LogP contribution in [0.4, 0.5) is 0 Å². The van der Waals surface area contributed by atoms with Gasteiger partial charge in [0, 0.05) is 12.1 Å². The molecule has 13 heteroatoms. The molecule has 2 aliphatic rings. The van der Waals surface area contributed by atoms with Gasteiger partial charge < -0.3 is 33.7 Å². The summed E-state index contributed by atoms with van der Waals surface area (Å²) in [5.74, 6) is -1.26. The van der Waals surface area contributed by atoms with E-state index in [1.54, 1.807) is 31.2 Å². The summed E-state index contributed by atoms with van der Waals surface area (Å²) in [6.07, 6.45) is -0.235. The van der Waals surface area contributed by atoms with Crippen LogP contribution in [-0.2, 0) is 39.6 Å². The van der Waals surface area contributed by atoms with Crippen LogP contribution in [0.5, 0.6) is 0 Å². The van der Waals surface area contributed by atoms with Crippen LogP contribution in [0.3, 0.4) is 0 Å². The summed E-state index contributed by atoms with van der Waals surface area (Å²) in [4.78, 5) is 27.8. The van der Waals surface area contributed by atoms with Gasteiger partial charge in [0.2, 0.25) is 0 Å². The number of halogens is 4. The van der Waals surface area contributed by atoms with E-state index in [0.29, 0.717) is 32.0 Å². The number of ether oxygens (including phenoxy) is 5. The summed E-state index contributed by atoms with van der Waals surface area (Å²) in [6.45, 7) is 3.50. The molecule has 1 fully saturated rings. The Hall–Kier alpha value is -1.66. The van der Waals surface area contributed by atoms with Crippen LogP contribution < -0.4 is 0 Å². The number of hydrogen-bond donors (Lipinski definition) is 1. The largest absolute Gasteiger partial charge is 0.463 e. The Labute approximate surface area is 258 Å². The number of carbonyl (C=O) groups excluding carboxylic acids is 2. The first-order valence-corrected chi connectivity index (χ1v) is 14.6. The van der Waals surface area contributed by atoms with Gasteiger partial charge in [0.05, 0.1) is 90.3 Å². The maximum Gasteiger partial charge on any atom is 0.307 e. The Morgan fingerprint density at radius 3 is 1.90 bits per heavy atom. The van der Waals surface area contributed by atoms with E-state index in [-0.39, 0.29) is 77.2 Å². The smallest absolute Gasteiger partial charge is 0.307 e. The molecule has 1 saturated heterocycles. The van der Waals surface area contributed by atoms with Crippen LogP contribution in [0.25, 0.3) is 0 Å².